The van der Waals surface area contributed by atoms with Crippen molar-refractivity contribution in [3.63, 3.8) is 0 Å². The Balaban J connectivity index is 2.03. The molecule has 0 amide bonds. The monoisotopic (exact) mass is 289 g/mol. The lowest BCUT2D eigenvalue weighted by Gasteiger charge is -2.27. The first-order valence-corrected chi connectivity index (χ1v) is 8.42. The van der Waals surface area contributed by atoms with Crippen molar-refractivity contribution in [1.82, 2.24) is 4.98 Å². The van der Waals surface area contributed by atoms with Crippen molar-refractivity contribution in [3.8, 4) is 5.75 Å². The minimum absolute atomic E-state index is 0.0121. The van der Waals surface area contributed by atoms with Crippen LogP contribution in [0.25, 0.3) is 0 Å². The third kappa shape index (κ3) is 3.85. The second kappa shape index (κ2) is 5.45. The Morgan fingerprint density at radius 1 is 1.39 bits per heavy atom. The van der Waals surface area contributed by atoms with Crippen molar-refractivity contribution in [1.29, 1.82) is 0 Å². The van der Waals surface area contributed by atoms with E-state index in [0.717, 1.165) is 25.7 Å². The quantitative estimate of drug-likeness (QED) is 0.782. The molecule has 1 saturated carbocycles. The average Bonchev–Trinajstić information content (AvgIpc) is 2.75. The summed E-state index contributed by atoms with van der Waals surface area (Å²) in [5.74, 6) is 0.651. The van der Waals surface area contributed by atoms with Gasteiger partial charge in [0.25, 0.3) is 0 Å². The molecule has 0 bridgehead atoms. The summed E-state index contributed by atoms with van der Waals surface area (Å²) >= 11 is 0. The molecule has 1 fully saturated rings. The highest BCUT2D eigenvalue weighted by Gasteiger charge is 2.38. The van der Waals surface area contributed by atoms with Crippen LogP contribution in [0, 0.1) is 5.41 Å². The van der Waals surface area contributed by atoms with Crippen molar-refractivity contribution in [2.24, 2.45) is 5.41 Å². The summed E-state index contributed by atoms with van der Waals surface area (Å²) in [4.78, 5) is 3.96. The van der Waals surface area contributed by atoms with Crippen LogP contribution in [-0.2, 0) is 9.05 Å². The number of hydrogen-bond acceptors (Lipinski definition) is 4. The molecule has 0 N–H and O–H groups in total. The maximum Gasteiger partial charge on any atom is 0.233 e. The molecule has 0 radical (unpaired) electrons. The molecule has 0 saturated heterocycles. The minimum Gasteiger partial charge on any atom is -0.491 e. The van der Waals surface area contributed by atoms with Gasteiger partial charge in [-0.25, -0.2) is 8.42 Å². The Bertz CT molecular complexity index is 483. The second-order valence-electron chi connectivity index (χ2n) is 4.87. The Morgan fingerprint density at radius 2 is 2.11 bits per heavy atom. The third-order valence-electron chi connectivity index (χ3n) is 3.32. The number of ether oxygens (including phenoxy) is 1. The average molecular weight is 290 g/mol. The van der Waals surface area contributed by atoms with E-state index in [4.69, 9.17) is 15.4 Å². The van der Waals surface area contributed by atoms with Crippen LogP contribution in [0.3, 0.4) is 0 Å². The summed E-state index contributed by atoms with van der Waals surface area (Å²) in [7, 11) is 1.90. The first-order valence-electron chi connectivity index (χ1n) is 5.94. The van der Waals surface area contributed by atoms with Gasteiger partial charge in [0.15, 0.2) is 0 Å². The largest absolute Gasteiger partial charge is 0.491 e. The molecule has 1 aliphatic carbocycles. The van der Waals surface area contributed by atoms with Gasteiger partial charge < -0.3 is 4.74 Å². The van der Waals surface area contributed by atoms with Crippen LogP contribution in [0.2, 0.25) is 0 Å². The number of rotatable bonds is 5. The van der Waals surface area contributed by atoms with Crippen molar-refractivity contribution < 1.29 is 13.2 Å². The lowest BCUT2D eigenvalue weighted by molar-refractivity contribution is 0.170. The predicted molar refractivity (Wildman–Crippen MR) is 70.3 cm³/mol. The Kier molecular flexibility index (Phi) is 4.12. The van der Waals surface area contributed by atoms with E-state index in [1.54, 1.807) is 18.5 Å². The van der Waals surface area contributed by atoms with Gasteiger partial charge in [-0.2, -0.15) is 0 Å². The van der Waals surface area contributed by atoms with Gasteiger partial charge in [-0.1, -0.05) is 12.8 Å². The van der Waals surface area contributed by atoms with Gasteiger partial charge in [0.1, 0.15) is 5.75 Å². The number of pyridine rings is 1. The summed E-state index contributed by atoms with van der Waals surface area (Å²) in [6.07, 6.45) is 7.04. The molecular weight excluding hydrogens is 274 g/mol. The number of aromatic nitrogens is 1. The standard InChI is InChI=1S/C12H16ClNO3S/c13-18(15,16)10-12(5-1-2-6-12)9-17-11-4-3-7-14-8-11/h3-4,7-8H,1-2,5-6,9-10H2. The van der Waals surface area contributed by atoms with E-state index in [-0.39, 0.29) is 11.2 Å². The predicted octanol–water partition coefficient (Wildman–Crippen LogP) is 2.59. The molecule has 0 spiro atoms. The van der Waals surface area contributed by atoms with E-state index in [1.165, 1.54) is 0 Å². The van der Waals surface area contributed by atoms with Crippen LogP contribution in [0.1, 0.15) is 25.7 Å². The molecule has 1 aliphatic rings. The molecule has 6 heteroatoms. The van der Waals surface area contributed by atoms with Crippen molar-refractivity contribution in [2.75, 3.05) is 12.4 Å². The van der Waals surface area contributed by atoms with Crippen LogP contribution >= 0.6 is 10.7 Å². The zero-order valence-electron chi connectivity index (χ0n) is 10.0. The van der Waals surface area contributed by atoms with Gasteiger partial charge in [0, 0.05) is 22.3 Å². The van der Waals surface area contributed by atoms with E-state index in [1.807, 2.05) is 6.07 Å². The normalized spacial score (nSPS) is 18.7. The van der Waals surface area contributed by atoms with Gasteiger partial charge in [-0.15, -0.1) is 0 Å². The lowest BCUT2D eigenvalue weighted by atomic mass is 9.90. The van der Waals surface area contributed by atoms with Crippen LogP contribution in [0.4, 0.5) is 0 Å². The zero-order chi connectivity index (χ0) is 13.1. The summed E-state index contributed by atoms with van der Waals surface area (Å²) in [5, 5.41) is 0. The van der Waals surface area contributed by atoms with Crippen LogP contribution in [-0.4, -0.2) is 25.8 Å². The summed E-state index contributed by atoms with van der Waals surface area (Å²) in [6.45, 7) is 0.380. The molecule has 0 unspecified atom stereocenters. The summed E-state index contributed by atoms with van der Waals surface area (Å²) < 4.78 is 28.3. The van der Waals surface area contributed by atoms with Crippen LogP contribution in [0.5, 0.6) is 5.75 Å². The van der Waals surface area contributed by atoms with Gasteiger partial charge >= 0.3 is 0 Å². The van der Waals surface area contributed by atoms with Gasteiger partial charge in [-0.3, -0.25) is 4.98 Å². The van der Waals surface area contributed by atoms with Crippen LogP contribution < -0.4 is 4.74 Å². The molecule has 18 heavy (non-hydrogen) atoms. The van der Waals surface area contributed by atoms with Crippen molar-refractivity contribution in [2.45, 2.75) is 25.7 Å². The van der Waals surface area contributed by atoms with Gasteiger partial charge in [0.2, 0.25) is 9.05 Å². The van der Waals surface area contributed by atoms with E-state index < -0.39 is 9.05 Å². The van der Waals surface area contributed by atoms with E-state index >= 15 is 0 Å². The van der Waals surface area contributed by atoms with Gasteiger partial charge in [-0.05, 0) is 25.0 Å². The first kappa shape index (κ1) is 13.6. The molecule has 0 atom stereocenters. The molecule has 1 heterocycles. The molecule has 0 aliphatic heterocycles. The van der Waals surface area contributed by atoms with E-state index in [9.17, 15) is 8.42 Å². The Labute approximate surface area is 112 Å². The number of halogens is 1. The first-order chi connectivity index (χ1) is 8.49. The van der Waals surface area contributed by atoms with Crippen molar-refractivity contribution >= 4 is 19.7 Å². The highest BCUT2D eigenvalue weighted by molar-refractivity contribution is 8.13. The molecule has 2 rings (SSSR count). The molecule has 1 aromatic rings. The summed E-state index contributed by atoms with van der Waals surface area (Å²) in [5.41, 5.74) is -0.337. The third-order valence-corrected chi connectivity index (χ3v) is 4.61. The SMILES string of the molecule is O=S(=O)(Cl)CC1(COc2cccnc2)CCCC1. The lowest BCUT2D eigenvalue weighted by Crippen LogP contribution is -2.32. The fraction of sp³-hybridized carbons (Fsp3) is 0.583. The summed E-state index contributed by atoms with van der Waals surface area (Å²) in [6, 6.07) is 3.60. The number of hydrogen-bond donors (Lipinski definition) is 0. The topological polar surface area (TPSA) is 56.3 Å². The van der Waals surface area contributed by atoms with Crippen molar-refractivity contribution in [3.05, 3.63) is 24.5 Å². The fourth-order valence-electron chi connectivity index (χ4n) is 2.49. The molecule has 1 aromatic heterocycles. The number of nitrogens with zero attached hydrogens (tertiary/aromatic N) is 1. The fourth-order valence-corrected chi connectivity index (χ4v) is 4.29. The highest BCUT2D eigenvalue weighted by atomic mass is 35.7. The second-order valence-corrected chi connectivity index (χ2v) is 7.64. The van der Waals surface area contributed by atoms with Crippen LogP contribution in [0.15, 0.2) is 24.5 Å². The molecule has 0 aromatic carbocycles. The smallest absolute Gasteiger partial charge is 0.233 e. The van der Waals surface area contributed by atoms with Gasteiger partial charge in [0.05, 0.1) is 18.6 Å². The van der Waals surface area contributed by atoms with E-state index in [0.29, 0.717) is 12.4 Å². The molecular formula is C12H16ClNO3S. The zero-order valence-corrected chi connectivity index (χ0v) is 11.6. The Hall–Kier alpha value is -0.810. The van der Waals surface area contributed by atoms with E-state index in [2.05, 4.69) is 4.98 Å². The Morgan fingerprint density at radius 3 is 2.67 bits per heavy atom. The maximum absolute atomic E-state index is 11.3. The molecule has 100 valence electrons. The minimum atomic E-state index is -3.49. The molecule has 4 nitrogen and oxygen atoms in total. The highest BCUT2D eigenvalue weighted by Crippen LogP contribution is 2.40. The maximum atomic E-state index is 11.3.